The molecule has 1 saturated carbocycles. The topological polar surface area (TPSA) is 12.0 Å². The number of hydrogen-bond donors (Lipinski definition) is 1. The van der Waals surface area contributed by atoms with Gasteiger partial charge in [0.1, 0.15) is 10.6 Å². The van der Waals surface area contributed by atoms with Gasteiger partial charge in [0, 0.05) is 0 Å². The first-order chi connectivity index (χ1) is 15.0. The van der Waals surface area contributed by atoms with E-state index in [0.29, 0.717) is 17.5 Å². The average Bonchev–Trinajstić information content (AvgIpc) is 3.33. The lowest BCUT2D eigenvalue weighted by Gasteiger charge is -2.35. The summed E-state index contributed by atoms with van der Waals surface area (Å²) in [5, 5.41) is 7.35. The van der Waals surface area contributed by atoms with Gasteiger partial charge in [0.2, 0.25) is 0 Å². The fourth-order valence-corrected chi connectivity index (χ4v) is 9.88. The second-order valence-corrected chi connectivity index (χ2v) is 13.0. The Bertz CT molecular complexity index is 906. The molecule has 0 aromatic heterocycles. The van der Waals surface area contributed by atoms with Crippen LogP contribution in [0.1, 0.15) is 76.3 Å². The fourth-order valence-electron chi connectivity index (χ4n) is 5.27. The first-order valence-corrected chi connectivity index (χ1v) is 13.8. The highest BCUT2D eigenvalue weighted by atomic mass is 31.2. The molecule has 3 aromatic carbocycles. The van der Waals surface area contributed by atoms with Crippen LogP contribution in [0.4, 0.5) is 5.69 Å². The van der Waals surface area contributed by atoms with Gasteiger partial charge in [-0.2, -0.15) is 0 Å². The molecule has 1 nitrogen and oxygen atoms in total. The zero-order valence-corrected chi connectivity index (χ0v) is 20.4. The van der Waals surface area contributed by atoms with Crippen LogP contribution in [-0.4, -0.2) is 5.66 Å². The summed E-state index contributed by atoms with van der Waals surface area (Å²) in [6.07, 6.45) is 5.31. The molecule has 162 valence electrons. The molecule has 4 rings (SSSR count). The summed E-state index contributed by atoms with van der Waals surface area (Å²) in [7, 11) is -1.85. The van der Waals surface area contributed by atoms with Crippen LogP contribution in [0.2, 0.25) is 0 Å². The normalized spacial score (nSPS) is 15.0. The van der Waals surface area contributed by atoms with Gasteiger partial charge in [-0.3, -0.25) is 5.09 Å². The first-order valence-electron chi connectivity index (χ1n) is 11.9. The number of benzene rings is 3. The van der Waals surface area contributed by atoms with Gasteiger partial charge in [-0.25, -0.2) is 0 Å². The molecular formula is C29H37NP+. The van der Waals surface area contributed by atoms with Gasteiger partial charge in [-0.1, -0.05) is 82.3 Å². The summed E-state index contributed by atoms with van der Waals surface area (Å²) in [5.41, 5.74) is 4.96. The zero-order chi connectivity index (χ0) is 21.8. The number of anilines is 1. The Kier molecular flexibility index (Phi) is 6.83. The Morgan fingerprint density at radius 3 is 1.52 bits per heavy atom. The summed E-state index contributed by atoms with van der Waals surface area (Å²) in [5.74, 6) is 0.969. The minimum absolute atomic E-state index is 0.484. The van der Waals surface area contributed by atoms with Crippen LogP contribution in [-0.2, 0) is 0 Å². The number of para-hydroxylation sites is 1. The fraction of sp³-hybridized carbons (Fsp3) is 0.379. The molecule has 0 bridgehead atoms. The summed E-state index contributed by atoms with van der Waals surface area (Å²) in [4.78, 5) is 0. The highest BCUT2D eigenvalue weighted by molar-refractivity contribution is 7.91. The van der Waals surface area contributed by atoms with E-state index in [-0.39, 0.29) is 0 Å². The van der Waals surface area contributed by atoms with Crippen LogP contribution < -0.4 is 15.7 Å². The van der Waals surface area contributed by atoms with Crippen molar-refractivity contribution < 1.29 is 0 Å². The smallest absolute Gasteiger partial charge is 0.170 e. The third-order valence-electron chi connectivity index (χ3n) is 6.86. The van der Waals surface area contributed by atoms with Crippen LogP contribution in [0.3, 0.4) is 0 Å². The zero-order valence-electron chi connectivity index (χ0n) is 19.5. The maximum atomic E-state index is 4.38. The van der Waals surface area contributed by atoms with Crippen LogP contribution in [0.15, 0.2) is 78.9 Å². The van der Waals surface area contributed by atoms with Gasteiger partial charge in [0.05, 0.1) is 11.3 Å². The van der Waals surface area contributed by atoms with E-state index in [0.717, 1.165) is 0 Å². The van der Waals surface area contributed by atoms with E-state index in [9.17, 15) is 0 Å². The van der Waals surface area contributed by atoms with Crippen molar-refractivity contribution in [2.24, 2.45) is 0 Å². The van der Waals surface area contributed by atoms with Crippen molar-refractivity contribution in [3.8, 4) is 0 Å². The summed E-state index contributed by atoms with van der Waals surface area (Å²) < 4.78 is 0. The van der Waals surface area contributed by atoms with Crippen LogP contribution >= 0.6 is 7.41 Å². The van der Waals surface area contributed by atoms with E-state index in [1.807, 2.05) is 0 Å². The average molecular weight is 431 g/mol. The second kappa shape index (κ2) is 9.58. The van der Waals surface area contributed by atoms with E-state index in [1.165, 1.54) is 53.1 Å². The molecule has 0 amide bonds. The molecule has 1 aliphatic carbocycles. The van der Waals surface area contributed by atoms with Gasteiger partial charge >= 0.3 is 0 Å². The molecule has 0 spiro atoms. The standard InChI is InChI=1S/C29H37NP/c1-22(2)27-20-13-21-28(23(3)4)29(27)30-31(26-18-11-12-19-26,24-14-7-5-8-15-24)25-16-9-6-10-17-25/h5-10,13-17,20-23,26,30H,11-12,18-19H2,1-4H3/q+1. The number of rotatable bonds is 7. The Hall–Kier alpha value is -2.11. The molecule has 2 heteroatoms. The SMILES string of the molecule is CC(C)c1cccc(C(C)C)c1N[P+](c1ccccc1)(c1ccccc1)C1CCCC1. The van der Waals surface area contributed by atoms with Gasteiger partial charge < -0.3 is 0 Å². The summed E-state index contributed by atoms with van der Waals surface area (Å²) in [6, 6.07) is 29.6. The molecule has 0 radical (unpaired) electrons. The van der Waals surface area contributed by atoms with Crippen molar-refractivity contribution in [2.75, 3.05) is 5.09 Å². The maximum absolute atomic E-state index is 4.38. The Labute approximate surface area is 189 Å². The summed E-state index contributed by atoms with van der Waals surface area (Å²) >= 11 is 0. The molecule has 0 heterocycles. The highest BCUT2D eigenvalue weighted by Gasteiger charge is 2.52. The molecule has 3 aromatic rings. The van der Waals surface area contributed by atoms with Crippen molar-refractivity contribution in [1.82, 2.24) is 0 Å². The van der Waals surface area contributed by atoms with Gasteiger partial charge in [-0.05, 0) is 72.9 Å². The molecule has 31 heavy (non-hydrogen) atoms. The van der Waals surface area contributed by atoms with Crippen LogP contribution in [0.5, 0.6) is 0 Å². The molecule has 1 aliphatic rings. The number of hydrogen-bond acceptors (Lipinski definition) is 1. The lowest BCUT2D eigenvalue weighted by Crippen LogP contribution is -2.36. The third kappa shape index (κ3) is 4.31. The lowest BCUT2D eigenvalue weighted by molar-refractivity contribution is 0.838. The first kappa shape index (κ1) is 22.1. The Morgan fingerprint density at radius 2 is 1.10 bits per heavy atom. The van der Waals surface area contributed by atoms with Crippen molar-refractivity contribution >= 4 is 23.7 Å². The maximum Gasteiger partial charge on any atom is 0.170 e. The van der Waals surface area contributed by atoms with Crippen LogP contribution in [0, 0.1) is 0 Å². The quantitative estimate of drug-likeness (QED) is 0.376. The van der Waals surface area contributed by atoms with Crippen molar-refractivity contribution in [2.45, 2.75) is 70.9 Å². The highest BCUT2D eigenvalue weighted by Crippen LogP contribution is 2.65. The van der Waals surface area contributed by atoms with Gasteiger partial charge in [0.15, 0.2) is 7.41 Å². The van der Waals surface area contributed by atoms with Crippen molar-refractivity contribution in [1.29, 1.82) is 0 Å². The van der Waals surface area contributed by atoms with E-state index in [1.54, 1.807) is 0 Å². The van der Waals surface area contributed by atoms with E-state index >= 15 is 0 Å². The predicted molar refractivity (Wildman–Crippen MR) is 140 cm³/mol. The van der Waals surface area contributed by atoms with E-state index in [4.69, 9.17) is 0 Å². The molecule has 0 atom stereocenters. The predicted octanol–water partition coefficient (Wildman–Crippen LogP) is 7.87. The number of nitrogens with one attached hydrogen (secondary N) is 1. The second-order valence-electron chi connectivity index (χ2n) is 9.56. The van der Waals surface area contributed by atoms with E-state index < -0.39 is 7.41 Å². The lowest BCUT2D eigenvalue weighted by atomic mass is 9.93. The molecule has 0 aliphatic heterocycles. The largest absolute Gasteiger partial charge is 0.250 e. The molecule has 0 unspecified atom stereocenters. The Morgan fingerprint density at radius 1 is 0.645 bits per heavy atom. The Balaban J connectivity index is 1.99. The van der Waals surface area contributed by atoms with Gasteiger partial charge in [-0.15, -0.1) is 0 Å². The molecular weight excluding hydrogens is 393 g/mol. The molecule has 1 fully saturated rings. The van der Waals surface area contributed by atoms with Crippen molar-refractivity contribution in [3.63, 3.8) is 0 Å². The minimum Gasteiger partial charge on any atom is -0.250 e. The third-order valence-corrected chi connectivity index (χ3v) is 11.3. The van der Waals surface area contributed by atoms with E-state index in [2.05, 4.69) is 112 Å². The van der Waals surface area contributed by atoms with Crippen molar-refractivity contribution in [3.05, 3.63) is 90.0 Å². The monoisotopic (exact) mass is 430 g/mol. The minimum atomic E-state index is -1.85. The summed E-state index contributed by atoms with van der Waals surface area (Å²) in [6.45, 7) is 9.30. The molecule has 1 N–H and O–H groups in total. The van der Waals surface area contributed by atoms with Crippen LogP contribution in [0.25, 0.3) is 0 Å². The molecule has 0 saturated heterocycles. The van der Waals surface area contributed by atoms with Gasteiger partial charge in [0.25, 0.3) is 0 Å².